The van der Waals surface area contributed by atoms with E-state index in [1.54, 1.807) is 6.20 Å². The number of aryl methyl sites for hydroxylation is 2. The summed E-state index contributed by atoms with van der Waals surface area (Å²) < 4.78 is 5.42. The lowest BCUT2D eigenvalue weighted by Crippen LogP contribution is -2.09. The molecular formula is C29H36N2O2. The van der Waals surface area contributed by atoms with Crippen LogP contribution in [-0.2, 0) is 12.8 Å². The van der Waals surface area contributed by atoms with Crippen molar-refractivity contribution >= 4 is 5.97 Å². The topological polar surface area (TPSA) is 52.1 Å². The maximum absolute atomic E-state index is 12.5. The van der Waals surface area contributed by atoms with Crippen molar-refractivity contribution < 1.29 is 9.53 Å². The van der Waals surface area contributed by atoms with Gasteiger partial charge in [-0.25, -0.2) is 14.8 Å². The molecule has 4 nitrogen and oxygen atoms in total. The van der Waals surface area contributed by atoms with Crippen molar-refractivity contribution in [2.45, 2.75) is 78.1 Å². The summed E-state index contributed by atoms with van der Waals surface area (Å²) in [6.07, 6.45) is 15.3. The number of aromatic nitrogens is 2. The molecule has 0 saturated carbocycles. The van der Waals surface area contributed by atoms with Crippen molar-refractivity contribution in [1.82, 2.24) is 9.97 Å². The number of hydrogen-bond acceptors (Lipinski definition) is 4. The van der Waals surface area contributed by atoms with Crippen LogP contribution in [0.15, 0.2) is 60.9 Å². The van der Waals surface area contributed by atoms with Crippen LogP contribution in [0.4, 0.5) is 0 Å². The molecule has 0 saturated heterocycles. The molecule has 0 radical (unpaired) electrons. The van der Waals surface area contributed by atoms with Crippen LogP contribution in [0.1, 0.15) is 86.7 Å². The van der Waals surface area contributed by atoms with Crippen LogP contribution in [-0.4, -0.2) is 15.9 Å². The number of esters is 1. The number of carbonyl (C=O) groups is 1. The van der Waals surface area contributed by atoms with Gasteiger partial charge in [0.05, 0.1) is 23.7 Å². The molecule has 0 aliphatic carbocycles. The Hall–Kier alpha value is -3.01. The highest BCUT2D eigenvalue weighted by Gasteiger charge is 2.10. The maximum atomic E-state index is 12.5. The van der Waals surface area contributed by atoms with Gasteiger partial charge in [0, 0.05) is 5.56 Å². The molecule has 2 aromatic carbocycles. The highest BCUT2D eigenvalue weighted by molar-refractivity contribution is 5.90. The van der Waals surface area contributed by atoms with E-state index in [1.807, 2.05) is 24.3 Å². The summed E-state index contributed by atoms with van der Waals surface area (Å²) in [5, 5.41) is 0. The Kier molecular flexibility index (Phi) is 10.1. The van der Waals surface area contributed by atoms with Crippen LogP contribution in [0.25, 0.3) is 11.3 Å². The molecule has 174 valence electrons. The molecule has 0 N–H and O–H groups in total. The number of hydrogen-bond donors (Lipinski definition) is 0. The molecule has 3 aromatic rings. The van der Waals surface area contributed by atoms with Crippen molar-refractivity contribution in [1.29, 1.82) is 0 Å². The zero-order valence-corrected chi connectivity index (χ0v) is 20.1. The van der Waals surface area contributed by atoms with Gasteiger partial charge in [0.25, 0.3) is 0 Å². The predicted octanol–water partition coefficient (Wildman–Crippen LogP) is 7.61. The summed E-state index contributed by atoms with van der Waals surface area (Å²) in [4.78, 5) is 21.2. The number of ether oxygens (including phenoxy) is 1. The molecule has 0 aliphatic heterocycles. The number of nitrogens with zero attached hydrogens (tertiary/aromatic N) is 2. The molecule has 33 heavy (non-hydrogen) atoms. The number of unbranched alkanes of at least 4 members (excludes halogenated alkanes) is 6. The Morgan fingerprint density at radius 1 is 0.697 bits per heavy atom. The van der Waals surface area contributed by atoms with Gasteiger partial charge in [-0.2, -0.15) is 0 Å². The van der Waals surface area contributed by atoms with Gasteiger partial charge in [0.1, 0.15) is 0 Å². The number of carbonyl (C=O) groups excluding carboxylic acids is 1. The first-order valence-corrected chi connectivity index (χ1v) is 12.4. The molecule has 0 atom stereocenters. The first-order valence-electron chi connectivity index (χ1n) is 12.4. The quantitative estimate of drug-likeness (QED) is 0.201. The second-order valence-corrected chi connectivity index (χ2v) is 8.64. The van der Waals surface area contributed by atoms with Crippen molar-refractivity contribution in [2.24, 2.45) is 0 Å². The normalized spacial score (nSPS) is 10.8. The summed E-state index contributed by atoms with van der Waals surface area (Å²) in [5.74, 6) is -0.206. The second kappa shape index (κ2) is 13.5. The summed E-state index contributed by atoms with van der Waals surface area (Å²) in [6, 6.07) is 16.1. The average molecular weight is 445 g/mol. The van der Waals surface area contributed by atoms with E-state index in [9.17, 15) is 4.79 Å². The van der Waals surface area contributed by atoms with Gasteiger partial charge in [-0.3, -0.25) is 0 Å². The fraction of sp³-hybridized carbons (Fsp3) is 0.414. The Bertz CT molecular complexity index is 964. The van der Waals surface area contributed by atoms with E-state index in [0.29, 0.717) is 5.56 Å². The Morgan fingerprint density at radius 2 is 1.27 bits per heavy atom. The van der Waals surface area contributed by atoms with Crippen LogP contribution in [0.2, 0.25) is 0 Å². The molecule has 4 heteroatoms. The Labute approximate surface area is 198 Å². The minimum absolute atomic E-state index is 0.208. The average Bonchev–Trinajstić information content (AvgIpc) is 2.85. The zero-order valence-electron chi connectivity index (χ0n) is 20.1. The fourth-order valence-corrected chi connectivity index (χ4v) is 3.83. The van der Waals surface area contributed by atoms with E-state index in [2.05, 4.69) is 48.1 Å². The van der Waals surface area contributed by atoms with Crippen molar-refractivity contribution in [3.05, 3.63) is 77.6 Å². The SMILES string of the molecule is CCCCCCCc1ccc(C(=O)Oc2cnc(-c3ccc(CCCCC)cc3)cn2)cc1. The van der Waals surface area contributed by atoms with E-state index >= 15 is 0 Å². The first-order chi connectivity index (χ1) is 16.2. The smallest absolute Gasteiger partial charge is 0.344 e. The molecule has 1 aromatic heterocycles. The van der Waals surface area contributed by atoms with Crippen molar-refractivity contribution in [2.75, 3.05) is 0 Å². The highest BCUT2D eigenvalue weighted by Crippen LogP contribution is 2.20. The van der Waals surface area contributed by atoms with E-state index in [4.69, 9.17) is 4.74 Å². The van der Waals surface area contributed by atoms with Gasteiger partial charge < -0.3 is 4.74 Å². The molecule has 1 heterocycles. The van der Waals surface area contributed by atoms with E-state index in [-0.39, 0.29) is 5.88 Å². The summed E-state index contributed by atoms with van der Waals surface area (Å²) in [7, 11) is 0. The van der Waals surface area contributed by atoms with Gasteiger partial charge in [-0.05, 0) is 48.9 Å². The predicted molar refractivity (Wildman–Crippen MR) is 135 cm³/mol. The Morgan fingerprint density at radius 3 is 1.88 bits per heavy atom. The minimum atomic E-state index is -0.414. The van der Waals surface area contributed by atoms with Crippen LogP contribution >= 0.6 is 0 Å². The van der Waals surface area contributed by atoms with Crippen LogP contribution in [0, 0.1) is 0 Å². The summed E-state index contributed by atoms with van der Waals surface area (Å²) in [5.41, 5.74) is 4.88. The lowest BCUT2D eigenvalue weighted by molar-refractivity contribution is 0.0727. The summed E-state index contributed by atoms with van der Waals surface area (Å²) in [6.45, 7) is 4.45. The number of rotatable bonds is 13. The van der Waals surface area contributed by atoms with Crippen LogP contribution < -0.4 is 4.74 Å². The van der Waals surface area contributed by atoms with E-state index < -0.39 is 5.97 Å². The van der Waals surface area contributed by atoms with Gasteiger partial charge >= 0.3 is 5.97 Å². The monoisotopic (exact) mass is 444 g/mol. The van der Waals surface area contributed by atoms with Gasteiger partial charge in [0.2, 0.25) is 5.88 Å². The van der Waals surface area contributed by atoms with Crippen molar-refractivity contribution in [3.63, 3.8) is 0 Å². The third-order valence-electron chi connectivity index (χ3n) is 5.90. The fourth-order valence-electron chi connectivity index (χ4n) is 3.83. The van der Waals surface area contributed by atoms with Crippen LogP contribution in [0.3, 0.4) is 0 Å². The van der Waals surface area contributed by atoms with E-state index in [0.717, 1.165) is 24.1 Å². The largest absolute Gasteiger partial charge is 0.402 e. The third kappa shape index (κ3) is 8.12. The highest BCUT2D eigenvalue weighted by atomic mass is 16.5. The third-order valence-corrected chi connectivity index (χ3v) is 5.90. The molecule has 0 spiro atoms. The van der Waals surface area contributed by atoms with Gasteiger partial charge in [-0.15, -0.1) is 0 Å². The molecule has 0 unspecified atom stereocenters. The molecule has 3 rings (SSSR count). The molecular weight excluding hydrogens is 408 g/mol. The first kappa shape index (κ1) is 24.6. The molecule has 0 bridgehead atoms. The number of benzene rings is 2. The van der Waals surface area contributed by atoms with Crippen LogP contribution in [0.5, 0.6) is 5.88 Å². The lowest BCUT2D eigenvalue weighted by atomic mass is 10.0. The minimum Gasteiger partial charge on any atom is -0.402 e. The lowest BCUT2D eigenvalue weighted by Gasteiger charge is -2.07. The summed E-state index contributed by atoms with van der Waals surface area (Å²) >= 11 is 0. The van der Waals surface area contributed by atoms with Crippen molar-refractivity contribution in [3.8, 4) is 17.1 Å². The molecule has 0 aliphatic rings. The zero-order chi connectivity index (χ0) is 23.3. The molecule has 0 fully saturated rings. The maximum Gasteiger partial charge on any atom is 0.344 e. The van der Waals surface area contributed by atoms with Gasteiger partial charge in [-0.1, -0.05) is 88.8 Å². The van der Waals surface area contributed by atoms with Gasteiger partial charge in [0.15, 0.2) is 0 Å². The standard InChI is InChI=1S/C29H36N2O2/c1-3-5-7-8-10-12-24-15-19-26(20-16-24)29(32)33-28-22-30-27(21-31-28)25-17-13-23(14-18-25)11-9-6-4-2/h13-22H,3-12H2,1-2H3. The second-order valence-electron chi connectivity index (χ2n) is 8.64. The van der Waals surface area contributed by atoms with E-state index in [1.165, 1.54) is 68.7 Å². The Balaban J connectivity index is 1.50. The molecule has 0 amide bonds.